The highest BCUT2D eigenvalue weighted by Crippen LogP contribution is 2.37. The van der Waals surface area contributed by atoms with Crippen molar-refractivity contribution in [2.24, 2.45) is 0 Å². The third-order valence-corrected chi connectivity index (χ3v) is 7.04. The fourth-order valence-electron chi connectivity index (χ4n) is 3.44. The summed E-state index contributed by atoms with van der Waals surface area (Å²) in [6, 6.07) is 7.89. The smallest absolute Gasteiger partial charge is 0.336 e. The fourth-order valence-corrected chi connectivity index (χ4v) is 4.46. The summed E-state index contributed by atoms with van der Waals surface area (Å²) in [4.78, 5) is 6.06. The predicted octanol–water partition coefficient (Wildman–Crippen LogP) is 4.88. The summed E-state index contributed by atoms with van der Waals surface area (Å²) in [5, 5.41) is 0. The molecule has 0 aliphatic rings. The number of hydrogen-bond acceptors (Lipinski definition) is 4. The molecule has 3 aromatic rings. The summed E-state index contributed by atoms with van der Waals surface area (Å²) in [5.74, 6) is -0.557. The van der Waals surface area contributed by atoms with E-state index in [1.54, 1.807) is 13.0 Å². The lowest BCUT2D eigenvalue weighted by atomic mass is 10.0. The second-order valence-corrected chi connectivity index (χ2v) is 9.83. The van der Waals surface area contributed by atoms with Gasteiger partial charge in [0.05, 0.1) is 22.5 Å². The number of aromatic nitrogens is 2. The van der Waals surface area contributed by atoms with Crippen LogP contribution >= 0.6 is 11.8 Å². The molecule has 33 heavy (non-hydrogen) atoms. The number of nitrogens with zero attached hydrogens (tertiary/aromatic N) is 3. The zero-order valence-corrected chi connectivity index (χ0v) is 19.5. The van der Waals surface area contributed by atoms with Crippen LogP contribution in [0.1, 0.15) is 11.4 Å². The molecule has 2 aromatic heterocycles. The first-order valence-electron chi connectivity index (χ1n) is 9.66. The predicted molar refractivity (Wildman–Crippen MR) is 119 cm³/mol. The topological polar surface area (TPSA) is 67.2 Å². The van der Waals surface area contributed by atoms with Gasteiger partial charge in [0, 0.05) is 31.9 Å². The minimum Gasteiger partial charge on any atom is -0.336 e. The molecule has 12 heteroatoms. The molecular weight excluding hydrogens is 484 g/mol. The number of fused-ring (bicyclic) bond motifs is 1. The molecule has 1 N–H and O–H groups in total. The number of halogens is 5. The van der Waals surface area contributed by atoms with Crippen molar-refractivity contribution in [1.29, 1.82) is 0 Å². The van der Waals surface area contributed by atoms with Crippen LogP contribution in [0.3, 0.4) is 0 Å². The lowest BCUT2D eigenvalue weighted by Gasteiger charge is -2.13. The second-order valence-electron chi connectivity index (χ2n) is 7.41. The summed E-state index contributed by atoms with van der Waals surface area (Å²) in [7, 11) is -1.04. The van der Waals surface area contributed by atoms with E-state index in [2.05, 4.69) is 9.82 Å². The summed E-state index contributed by atoms with van der Waals surface area (Å²) >= 11 is 5.36. The van der Waals surface area contributed by atoms with E-state index >= 15 is 0 Å². The van der Waals surface area contributed by atoms with Gasteiger partial charge in [0.2, 0.25) is 10.0 Å². The monoisotopic (exact) mass is 504 g/mol. The fraction of sp³-hybridized carbons (Fsp3) is 0.286. The van der Waals surface area contributed by atoms with Crippen molar-refractivity contribution in [2.75, 3.05) is 20.6 Å². The van der Waals surface area contributed by atoms with Crippen molar-refractivity contribution in [3.63, 3.8) is 0 Å². The Morgan fingerprint density at radius 3 is 2.55 bits per heavy atom. The Morgan fingerprint density at radius 2 is 1.94 bits per heavy atom. The van der Waals surface area contributed by atoms with Gasteiger partial charge in [0.15, 0.2) is 0 Å². The second kappa shape index (κ2) is 9.41. The van der Waals surface area contributed by atoms with E-state index in [1.807, 2.05) is 0 Å². The molecule has 178 valence electrons. The zero-order valence-electron chi connectivity index (χ0n) is 17.9. The van der Waals surface area contributed by atoms with Crippen molar-refractivity contribution in [1.82, 2.24) is 18.7 Å². The van der Waals surface area contributed by atoms with Crippen molar-refractivity contribution < 1.29 is 26.0 Å². The van der Waals surface area contributed by atoms with Crippen LogP contribution in [-0.2, 0) is 22.7 Å². The maximum absolute atomic E-state index is 14.4. The highest BCUT2D eigenvalue weighted by atomic mass is 35.5. The number of benzene rings is 1. The quantitative estimate of drug-likeness (QED) is 0.368. The summed E-state index contributed by atoms with van der Waals surface area (Å²) in [6.07, 6.45) is -3.48. The number of nitrogens with one attached hydrogen (secondary N) is 1. The summed E-state index contributed by atoms with van der Waals surface area (Å²) in [5.41, 5.74) is 0.225. The van der Waals surface area contributed by atoms with Crippen LogP contribution in [0.15, 0.2) is 53.2 Å². The third-order valence-electron chi connectivity index (χ3n) is 5.07. The minimum absolute atomic E-state index is 0.00926. The van der Waals surface area contributed by atoms with E-state index in [4.69, 9.17) is 11.8 Å². The molecule has 0 amide bonds. The van der Waals surface area contributed by atoms with Crippen LogP contribution in [0.4, 0.5) is 17.6 Å². The molecule has 2 heterocycles. The van der Waals surface area contributed by atoms with E-state index in [0.29, 0.717) is 11.3 Å². The molecule has 0 aliphatic heterocycles. The van der Waals surface area contributed by atoms with E-state index in [-0.39, 0.29) is 34.6 Å². The number of pyridine rings is 1. The maximum Gasteiger partial charge on any atom is 0.433 e. The molecule has 1 aromatic carbocycles. The third kappa shape index (κ3) is 5.06. The van der Waals surface area contributed by atoms with Gasteiger partial charge in [-0.15, -0.1) is 0 Å². The van der Waals surface area contributed by atoms with Crippen LogP contribution in [0.25, 0.3) is 22.2 Å². The molecule has 0 fully saturated rings. The summed E-state index contributed by atoms with van der Waals surface area (Å²) < 4.78 is 82.2. The Bertz CT molecular complexity index is 1320. The van der Waals surface area contributed by atoms with E-state index in [0.717, 1.165) is 10.4 Å². The van der Waals surface area contributed by atoms with Gasteiger partial charge in [-0.05, 0) is 54.6 Å². The van der Waals surface area contributed by atoms with Crippen LogP contribution in [0.5, 0.6) is 0 Å². The van der Waals surface area contributed by atoms with Crippen LogP contribution in [0.2, 0.25) is 0 Å². The van der Waals surface area contributed by atoms with Gasteiger partial charge in [-0.1, -0.05) is 12.1 Å². The number of allylic oxidation sites excluding steroid dienone is 1. The van der Waals surface area contributed by atoms with Gasteiger partial charge in [-0.25, -0.2) is 26.9 Å². The van der Waals surface area contributed by atoms with Crippen LogP contribution < -0.4 is 4.84 Å². The normalized spacial score (nSPS) is 13.3. The van der Waals surface area contributed by atoms with Crippen LogP contribution in [-0.4, -0.2) is 42.9 Å². The van der Waals surface area contributed by atoms with Gasteiger partial charge < -0.3 is 4.57 Å². The SMILES string of the molecule is Cc1c(-c2cccc(S(=O)(=O)N(C)C)c2)c2nc(C(F)(F)F)ccc2n1C/C(F)=C/CNCl. The van der Waals surface area contributed by atoms with Gasteiger partial charge in [-0.2, -0.15) is 13.2 Å². The molecule has 0 atom stereocenters. The van der Waals surface area contributed by atoms with Gasteiger partial charge in [-0.3, -0.25) is 0 Å². The highest BCUT2D eigenvalue weighted by molar-refractivity contribution is 7.89. The van der Waals surface area contributed by atoms with Crippen molar-refractivity contribution in [2.45, 2.75) is 24.5 Å². The van der Waals surface area contributed by atoms with Crippen LogP contribution in [0, 0.1) is 6.92 Å². The highest BCUT2D eigenvalue weighted by Gasteiger charge is 2.33. The van der Waals surface area contributed by atoms with Gasteiger partial charge in [0.1, 0.15) is 11.5 Å². The maximum atomic E-state index is 14.4. The average Bonchev–Trinajstić information content (AvgIpc) is 3.02. The van der Waals surface area contributed by atoms with Gasteiger partial charge >= 0.3 is 6.18 Å². The Labute approximate surface area is 193 Å². The molecule has 3 rings (SSSR count). The lowest BCUT2D eigenvalue weighted by molar-refractivity contribution is -0.140. The molecular formula is C21H21ClF4N4O2S. The average molecular weight is 505 g/mol. The minimum atomic E-state index is -4.69. The number of hydrogen-bond donors (Lipinski definition) is 1. The first kappa shape index (κ1) is 25.2. The van der Waals surface area contributed by atoms with Gasteiger partial charge in [0.25, 0.3) is 0 Å². The first-order valence-corrected chi connectivity index (χ1v) is 11.5. The molecule has 0 unspecified atom stereocenters. The molecule has 0 saturated carbocycles. The van der Waals surface area contributed by atoms with E-state index < -0.39 is 27.7 Å². The zero-order chi connectivity index (χ0) is 24.6. The number of alkyl halides is 3. The standard InChI is InChI=1S/C21H21ClF4N4O2S/c1-13-19(14-5-4-6-16(11-14)33(31,32)29(2)3)20-17(7-8-18(28-20)21(24,25)26)30(13)12-15(23)9-10-27-22/h4-9,11,27H,10,12H2,1-3H3/b15-9-. The molecule has 0 saturated heterocycles. The van der Waals surface area contributed by atoms with E-state index in [9.17, 15) is 26.0 Å². The molecule has 0 bridgehead atoms. The Kier molecular flexibility index (Phi) is 7.18. The summed E-state index contributed by atoms with van der Waals surface area (Å²) in [6.45, 7) is 1.41. The Morgan fingerprint density at radius 1 is 1.24 bits per heavy atom. The molecule has 6 nitrogen and oxygen atoms in total. The van der Waals surface area contributed by atoms with Crippen molar-refractivity contribution in [3.05, 3.63) is 59.7 Å². The van der Waals surface area contributed by atoms with E-state index in [1.165, 1.54) is 49.0 Å². The molecule has 0 spiro atoms. The largest absolute Gasteiger partial charge is 0.433 e. The first-order chi connectivity index (χ1) is 15.4. The number of rotatable bonds is 7. The Balaban J connectivity index is 2.30. The lowest BCUT2D eigenvalue weighted by Crippen LogP contribution is -2.22. The van der Waals surface area contributed by atoms with Crippen molar-refractivity contribution >= 4 is 32.8 Å². The molecule has 0 aliphatic carbocycles. The van der Waals surface area contributed by atoms with Crippen molar-refractivity contribution in [3.8, 4) is 11.1 Å². The molecule has 0 radical (unpaired) electrons. The Hall–Kier alpha value is -2.47. The number of sulfonamides is 1.